The van der Waals surface area contributed by atoms with E-state index in [1.165, 1.54) is 12.1 Å². The van der Waals surface area contributed by atoms with E-state index in [2.05, 4.69) is 15.6 Å². The Balaban J connectivity index is 1.72. The average Bonchev–Trinajstić information content (AvgIpc) is 3.15. The van der Waals surface area contributed by atoms with Gasteiger partial charge in [0.2, 0.25) is 11.8 Å². The van der Waals surface area contributed by atoms with Gasteiger partial charge in [-0.05, 0) is 24.3 Å². The lowest BCUT2D eigenvalue weighted by Crippen LogP contribution is -2.41. The molecule has 1 amide bonds. The van der Waals surface area contributed by atoms with Gasteiger partial charge in [-0.2, -0.15) is 0 Å². The molecule has 26 heavy (non-hydrogen) atoms. The maximum absolute atomic E-state index is 12.1. The highest BCUT2D eigenvalue weighted by Crippen LogP contribution is 2.25. The molecule has 1 fully saturated rings. The predicted molar refractivity (Wildman–Crippen MR) is 100.0 cm³/mol. The van der Waals surface area contributed by atoms with E-state index in [0.29, 0.717) is 17.2 Å². The van der Waals surface area contributed by atoms with Gasteiger partial charge >= 0.3 is 0 Å². The molecule has 1 aromatic carbocycles. The highest BCUT2D eigenvalue weighted by atomic mass is 32.2. The fourth-order valence-electron chi connectivity index (χ4n) is 2.40. The standard InChI is InChI=1S/C17H19N3O4S2/c1-26(22,23)14-6-2-5-13(8-14)24-17-12(4-3-7-18-17)9-19-16(21)15-10-25-11-20-15/h2-8,15,20H,9-11H2,1H3,(H,19,21). The van der Waals surface area contributed by atoms with Crippen LogP contribution in [0.25, 0.3) is 0 Å². The van der Waals surface area contributed by atoms with Crippen LogP contribution in [0.4, 0.5) is 0 Å². The lowest BCUT2D eigenvalue weighted by molar-refractivity contribution is -0.122. The minimum absolute atomic E-state index is 0.0659. The number of sulfone groups is 1. The van der Waals surface area contributed by atoms with Gasteiger partial charge in [-0.25, -0.2) is 13.4 Å². The van der Waals surface area contributed by atoms with Gasteiger partial charge < -0.3 is 10.1 Å². The number of hydrogen-bond donors (Lipinski definition) is 2. The first kappa shape index (κ1) is 18.7. The van der Waals surface area contributed by atoms with E-state index in [9.17, 15) is 13.2 Å². The van der Waals surface area contributed by atoms with Crippen LogP contribution in [0, 0.1) is 0 Å². The minimum atomic E-state index is -3.33. The predicted octanol–water partition coefficient (Wildman–Crippen LogP) is 1.56. The van der Waals surface area contributed by atoms with Crippen molar-refractivity contribution in [2.75, 3.05) is 17.9 Å². The Kier molecular flexibility index (Phi) is 5.80. The zero-order valence-corrected chi connectivity index (χ0v) is 15.8. The Hall–Kier alpha value is -2.10. The maximum atomic E-state index is 12.1. The summed E-state index contributed by atoms with van der Waals surface area (Å²) >= 11 is 1.68. The van der Waals surface area contributed by atoms with Gasteiger partial charge in [0.05, 0.1) is 10.9 Å². The molecule has 9 heteroatoms. The van der Waals surface area contributed by atoms with Crippen LogP contribution in [-0.4, -0.2) is 43.2 Å². The molecule has 1 atom stereocenters. The van der Waals surface area contributed by atoms with Crippen molar-refractivity contribution in [2.24, 2.45) is 0 Å². The molecule has 0 bridgehead atoms. The summed E-state index contributed by atoms with van der Waals surface area (Å²) in [6.45, 7) is 0.274. The molecule has 0 spiro atoms. The van der Waals surface area contributed by atoms with Crippen molar-refractivity contribution in [1.82, 2.24) is 15.6 Å². The van der Waals surface area contributed by atoms with Crippen LogP contribution in [0.1, 0.15) is 5.56 Å². The summed E-state index contributed by atoms with van der Waals surface area (Å²) in [6, 6.07) is 9.60. The van der Waals surface area contributed by atoms with E-state index >= 15 is 0 Å². The van der Waals surface area contributed by atoms with E-state index < -0.39 is 9.84 Å². The number of benzene rings is 1. The maximum Gasteiger partial charge on any atom is 0.238 e. The highest BCUT2D eigenvalue weighted by Gasteiger charge is 2.22. The quantitative estimate of drug-likeness (QED) is 0.768. The second-order valence-corrected chi connectivity index (χ2v) is 8.85. The summed E-state index contributed by atoms with van der Waals surface area (Å²) in [6.07, 6.45) is 2.72. The molecular weight excluding hydrogens is 374 g/mol. The molecule has 1 aliphatic heterocycles. The third kappa shape index (κ3) is 4.75. The van der Waals surface area contributed by atoms with Crippen molar-refractivity contribution in [3.63, 3.8) is 0 Å². The first-order valence-electron chi connectivity index (χ1n) is 7.94. The van der Waals surface area contributed by atoms with Crippen molar-refractivity contribution < 1.29 is 17.9 Å². The van der Waals surface area contributed by atoms with Gasteiger partial charge in [-0.1, -0.05) is 12.1 Å². The van der Waals surface area contributed by atoms with Gasteiger partial charge in [0.15, 0.2) is 9.84 Å². The first-order chi connectivity index (χ1) is 12.4. The monoisotopic (exact) mass is 393 g/mol. The van der Waals surface area contributed by atoms with Crippen LogP contribution in [0.3, 0.4) is 0 Å². The smallest absolute Gasteiger partial charge is 0.238 e. The number of amides is 1. The van der Waals surface area contributed by atoms with E-state index in [1.54, 1.807) is 42.2 Å². The molecule has 1 unspecified atom stereocenters. The van der Waals surface area contributed by atoms with Gasteiger partial charge in [0.25, 0.3) is 0 Å². The van der Waals surface area contributed by atoms with Gasteiger partial charge in [-0.3, -0.25) is 10.1 Å². The molecule has 1 aliphatic rings. The Bertz CT molecular complexity index is 896. The van der Waals surface area contributed by atoms with Crippen molar-refractivity contribution in [1.29, 1.82) is 0 Å². The van der Waals surface area contributed by atoms with Crippen molar-refractivity contribution in [3.05, 3.63) is 48.2 Å². The molecule has 1 saturated heterocycles. The van der Waals surface area contributed by atoms with E-state index in [-0.39, 0.29) is 23.4 Å². The number of thioether (sulfide) groups is 1. The summed E-state index contributed by atoms with van der Waals surface area (Å²) in [7, 11) is -3.33. The molecule has 0 saturated carbocycles. The first-order valence-corrected chi connectivity index (χ1v) is 11.0. The lowest BCUT2D eigenvalue weighted by Gasteiger charge is -2.13. The molecule has 0 radical (unpaired) electrons. The normalized spacial score (nSPS) is 17.0. The van der Waals surface area contributed by atoms with Crippen LogP contribution in [-0.2, 0) is 21.2 Å². The molecule has 1 aromatic heterocycles. The highest BCUT2D eigenvalue weighted by molar-refractivity contribution is 7.99. The van der Waals surface area contributed by atoms with Crippen LogP contribution in [0.5, 0.6) is 11.6 Å². The second-order valence-electron chi connectivity index (χ2n) is 5.81. The van der Waals surface area contributed by atoms with Crippen molar-refractivity contribution in [2.45, 2.75) is 17.5 Å². The fraction of sp³-hybridized carbons (Fsp3) is 0.294. The van der Waals surface area contributed by atoms with Gasteiger partial charge in [-0.15, -0.1) is 11.8 Å². The molecule has 2 heterocycles. The van der Waals surface area contributed by atoms with E-state index in [0.717, 1.165) is 17.9 Å². The third-order valence-corrected chi connectivity index (χ3v) is 5.83. The summed E-state index contributed by atoms with van der Waals surface area (Å²) in [5, 5.41) is 5.99. The largest absolute Gasteiger partial charge is 0.439 e. The number of ether oxygens (including phenoxy) is 1. The number of pyridine rings is 1. The Morgan fingerprint density at radius 3 is 2.96 bits per heavy atom. The van der Waals surface area contributed by atoms with Crippen LogP contribution in [0.15, 0.2) is 47.5 Å². The number of hydrogen-bond acceptors (Lipinski definition) is 7. The number of nitrogens with zero attached hydrogens (tertiary/aromatic N) is 1. The molecular formula is C17H19N3O4S2. The molecule has 0 aliphatic carbocycles. The number of carbonyl (C=O) groups excluding carboxylic acids is 1. The number of carbonyl (C=O) groups is 1. The SMILES string of the molecule is CS(=O)(=O)c1cccc(Oc2ncccc2CNC(=O)C2CSCN2)c1. The van der Waals surface area contributed by atoms with Crippen LogP contribution < -0.4 is 15.4 Å². The Labute approximate surface area is 156 Å². The van der Waals surface area contributed by atoms with E-state index in [4.69, 9.17) is 4.74 Å². The van der Waals surface area contributed by atoms with Crippen molar-refractivity contribution >= 4 is 27.5 Å². The fourth-order valence-corrected chi connectivity index (χ4v) is 4.00. The Morgan fingerprint density at radius 2 is 2.23 bits per heavy atom. The van der Waals surface area contributed by atoms with E-state index in [1.807, 2.05) is 0 Å². The summed E-state index contributed by atoms with van der Waals surface area (Å²) in [5.41, 5.74) is 0.705. The lowest BCUT2D eigenvalue weighted by atomic mass is 10.2. The topological polar surface area (TPSA) is 97.4 Å². The van der Waals surface area contributed by atoms with Crippen molar-refractivity contribution in [3.8, 4) is 11.6 Å². The second kappa shape index (κ2) is 8.07. The summed E-state index contributed by atoms with van der Waals surface area (Å²) < 4.78 is 29.1. The summed E-state index contributed by atoms with van der Waals surface area (Å²) in [4.78, 5) is 16.5. The molecule has 3 rings (SSSR count). The van der Waals surface area contributed by atoms with Gasteiger partial charge in [0, 0.05) is 36.2 Å². The molecule has 2 aromatic rings. The summed E-state index contributed by atoms with van der Waals surface area (Å²) in [5.74, 6) is 2.15. The minimum Gasteiger partial charge on any atom is -0.439 e. The molecule has 7 nitrogen and oxygen atoms in total. The Morgan fingerprint density at radius 1 is 1.38 bits per heavy atom. The molecule has 2 N–H and O–H groups in total. The zero-order chi connectivity index (χ0) is 18.6. The number of nitrogens with one attached hydrogen (secondary N) is 2. The van der Waals surface area contributed by atoms with Crippen LogP contribution in [0.2, 0.25) is 0 Å². The number of aromatic nitrogens is 1. The number of rotatable bonds is 6. The molecule has 138 valence electrons. The third-order valence-electron chi connectivity index (χ3n) is 3.78. The average molecular weight is 393 g/mol. The van der Waals surface area contributed by atoms with Crippen LogP contribution >= 0.6 is 11.8 Å². The zero-order valence-electron chi connectivity index (χ0n) is 14.1. The van der Waals surface area contributed by atoms with Gasteiger partial charge in [0.1, 0.15) is 5.75 Å².